The van der Waals surface area contributed by atoms with Gasteiger partial charge in [0.2, 0.25) is 11.8 Å². The molecule has 112 valence electrons. The highest BCUT2D eigenvalue weighted by Gasteiger charge is 2.26. The second-order valence-electron chi connectivity index (χ2n) is 5.77. The van der Waals surface area contributed by atoms with E-state index in [1.165, 1.54) is 12.0 Å². The number of hydrogen-bond donors (Lipinski definition) is 2. The number of rotatable bonds is 6. The minimum atomic E-state index is -0.732. The Morgan fingerprint density at radius 2 is 1.89 bits per heavy atom. The largest absolute Gasteiger partial charge is 0.389 e. The predicted octanol–water partition coefficient (Wildman–Crippen LogP) is 0.00290. The molecule has 0 saturated carbocycles. The average molecular weight is 274 g/mol. The van der Waals surface area contributed by atoms with Gasteiger partial charge < -0.3 is 20.1 Å². The van der Waals surface area contributed by atoms with E-state index >= 15 is 0 Å². The fourth-order valence-electron chi connectivity index (χ4n) is 1.46. The molecule has 19 heavy (non-hydrogen) atoms. The van der Waals surface area contributed by atoms with Crippen molar-refractivity contribution in [1.82, 2.24) is 10.2 Å². The maximum atomic E-state index is 12.0. The molecule has 0 aromatic heterocycles. The van der Waals surface area contributed by atoms with Gasteiger partial charge in [0.05, 0.1) is 12.7 Å². The SMILES string of the molecule is COCC(O)CN(C)C(=O)C(C)NC(=O)C(C)(C)C. The molecule has 0 radical (unpaired) electrons. The van der Waals surface area contributed by atoms with E-state index in [9.17, 15) is 14.7 Å². The van der Waals surface area contributed by atoms with E-state index < -0.39 is 17.6 Å². The van der Waals surface area contributed by atoms with Crippen LogP contribution in [0.1, 0.15) is 27.7 Å². The Balaban J connectivity index is 4.36. The number of aliphatic hydroxyl groups is 1. The monoisotopic (exact) mass is 274 g/mol. The van der Waals surface area contributed by atoms with Gasteiger partial charge in [-0.2, -0.15) is 0 Å². The zero-order valence-corrected chi connectivity index (χ0v) is 12.7. The van der Waals surface area contributed by atoms with E-state index in [1.807, 2.05) is 0 Å². The molecule has 2 amide bonds. The van der Waals surface area contributed by atoms with Gasteiger partial charge >= 0.3 is 0 Å². The van der Waals surface area contributed by atoms with E-state index in [-0.39, 0.29) is 25.0 Å². The molecule has 2 unspecified atom stereocenters. The van der Waals surface area contributed by atoms with Gasteiger partial charge in [0.1, 0.15) is 6.04 Å². The Kier molecular flexibility index (Phi) is 7.00. The molecule has 0 aliphatic carbocycles. The first-order valence-electron chi connectivity index (χ1n) is 6.32. The Morgan fingerprint density at radius 1 is 1.37 bits per heavy atom. The molecular formula is C13H26N2O4. The van der Waals surface area contributed by atoms with Crippen molar-refractivity contribution in [3.05, 3.63) is 0 Å². The molecule has 0 aliphatic heterocycles. The van der Waals surface area contributed by atoms with Crippen LogP contribution in [0.15, 0.2) is 0 Å². The number of methoxy groups -OCH3 is 1. The third kappa shape index (κ3) is 6.54. The van der Waals surface area contributed by atoms with Crippen molar-refractivity contribution >= 4 is 11.8 Å². The second-order valence-corrected chi connectivity index (χ2v) is 5.77. The maximum Gasteiger partial charge on any atom is 0.244 e. The lowest BCUT2D eigenvalue weighted by Crippen LogP contribution is -2.50. The van der Waals surface area contributed by atoms with Crippen molar-refractivity contribution < 1.29 is 19.4 Å². The molecule has 0 aliphatic rings. The fraction of sp³-hybridized carbons (Fsp3) is 0.846. The van der Waals surface area contributed by atoms with E-state index in [4.69, 9.17) is 4.74 Å². The number of likely N-dealkylation sites (N-methyl/N-ethyl adjacent to an activating group) is 1. The molecule has 0 aromatic carbocycles. The van der Waals surface area contributed by atoms with Crippen molar-refractivity contribution in [2.24, 2.45) is 5.41 Å². The summed E-state index contributed by atoms with van der Waals surface area (Å²) in [5, 5.41) is 12.2. The van der Waals surface area contributed by atoms with Gasteiger partial charge in [0, 0.05) is 26.1 Å². The number of nitrogens with zero attached hydrogens (tertiary/aromatic N) is 1. The summed E-state index contributed by atoms with van der Waals surface area (Å²) < 4.78 is 4.80. The minimum Gasteiger partial charge on any atom is -0.389 e. The zero-order valence-electron chi connectivity index (χ0n) is 12.7. The Bertz CT molecular complexity index is 312. The van der Waals surface area contributed by atoms with E-state index in [0.717, 1.165) is 0 Å². The smallest absolute Gasteiger partial charge is 0.244 e. The summed E-state index contributed by atoms with van der Waals surface area (Å²) in [5.41, 5.74) is -0.539. The summed E-state index contributed by atoms with van der Waals surface area (Å²) in [6, 6.07) is -0.619. The van der Waals surface area contributed by atoms with Gasteiger partial charge in [0.15, 0.2) is 0 Å². The Morgan fingerprint density at radius 3 is 2.32 bits per heavy atom. The van der Waals surface area contributed by atoms with Crippen LogP contribution < -0.4 is 5.32 Å². The predicted molar refractivity (Wildman–Crippen MR) is 72.6 cm³/mol. The number of aliphatic hydroxyl groups excluding tert-OH is 1. The third-order valence-corrected chi connectivity index (χ3v) is 2.62. The van der Waals surface area contributed by atoms with Crippen LogP contribution in [0.25, 0.3) is 0 Å². The highest BCUT2D eigenvalue weighted by molar-refractivity contribution is 5.89. The van der Waals surface area contributed by atoms with Crippen LogP contribution in [0, 0.1) is 5.41 Å². The van der Waals surface area contributed by atoms with Crippen molar-refractivity contribution in [2.75, 3.05) is 27.3 Å². The van der Waals surface area contributed by atoms with Gasteiger partial charge in [-0.1, -0.05) is 20.8 Å². The molecule has 0 saturated heterocycles. The lowest BCUT2D eigenvalue weighted by atomic mass is 9.95. The first-order chi connectivity index (χ1) is 8.59. The number of nitrogens with one attached hydrogen (secondary N) is 1. The Labute approximate surface area is 115 Å². The number of carbonyl (C=O) groups excluding carboxylic acids is 2. The van der Waals surface area contributed by atoms with Gasteiger partial charge in [-0.05, 0) is 6.92 Å². The number of ether oxygens (including phenoxy) is 1. The molecule has 0 aromatic rings. The lowest BCUT2D eigenvalue weighted by molar-refractivity contribution is -0.138. The van der Waals surface area contributed by atoms with E-state index in [2.05, 4.69) is 5.32 Å². The summed E-state index contributed by atoms with van der Waals surface area (Å²) >= 11 is 0. The number of amides is 2. The molecule has 6 heteroatoms. The molecular weight excluding hydrogens is 248 g/mol. The van der Waals surface area contributed by atoms with Gasteiger partial charge in [-0.3, -0.25) is 9.59 Å². The molecule has 0 spiro atoms. The van der Waals surface area contributed by atoms with Crippen molar-refractivity contribution in [3.63, 3.8) is 0 Å². The van der Waals surface area contributed by atoms with E-state index in [0.29, 0.717) is 0 Å². The topological polar surface area (TPSA) is 78.9 Å². The molecule has 2 atom stereocenters. The third-order valence-electron chi connectivity index (χ3n) is 2.62. The van der Waals surface area contributed by atoms with Gasteiger partial charge in [0.25, 0.3) is 0 Å². The number of carbonyl (C=O) groups is 2. The van der Waals surface area contributed by atoms with Crippen LogP contribution in [0.3, 0.4) is 0 Å². The lowest BCUT2D eigenvalue weighted by Gasteiger charge is -2.26. The summed E-state index contributed by atoms with van der Waals surface area (Å²) in [5.74, 6) is -0.424. The van der Waals surface area contributed by atoms with Crippen molar-refractivity contribution in [3.8, 4) is 0 Å². The number of hydrogen-bond acceptors (Lipinski definition) is 4. The molecule has 2 N–H and O–H groups in total. The zero-order chi connectivity index (χ0) is 15.2. The van der Waals surface area contributed by atoms with Crippen LogP contribution in [-0.4, -0.2) is 61.3 Å². The summed E-state index contributed by atoms with van der Waals surface area (Å²) in [6.07, 6.45) is -0.732. The van der Waals surface area contributed by atoms with Gasteiger partial charge in [-0.15, -0.1) is 0 Å². The van der Waals surface area contributed by atoms with E-state index in [1.54, 1.807) is 34.7 Å². The Hall–Kier alpha value is -1.14. The van der Waals surface area contributed by atoms with Crippen LogP contribution in [0.2, 0.25) is 0 Å². The highest BCUT2D eigenvalue weighted by atomic mass is 16.5. The normalized spacial score (nSPS) is 14.7. The fourth-order valence-corrected chi connectivity index (χ4v) is 1.46. The van der Waals surface area contributed by atoms with Crippen molar-refractivity contribution in [1.29, 1.82) is 0 Å². The average Bonchev–Trinajstić information content (AvgIpc) is 2.26. The van der Waals surface area contributed by atoms with Crippen LogP contribution >= 0.6 is 0 Å². The maximum absolute atomic E-state index is 12.0. The molecule has 0 fully saturated rings. The molecule has 0 bridgehead atoms. The second kappa shape index (κ2) is 7.45. The highest BCUT2D eigenvalue weighted by Crippen LogP contribution is 2.13. The van der Waals surface area contributed by atoms with Crippen molar-refractivity contribution in [2.45, 2.75) is 39.8 Å². The van der Waals surface area contributed by atoms with Gasteiger partial charge in [-0.25, -0.2) is 0 Å². The molecule has 6 nitrogen and oxygen atoms in total. The van der Waals surface area contributed by atoms with Crippen LogP contribution in [-0.2, 0) is 14.3 Å². The standard InChI is InChI=1S/C13H26N2O4/c1-9(14-12(18)13(2,3)4)11(17)15(5)7-10(16)8-19-6/h9-10,16H,7-8H2,1-6H3,(H,14,18). The first-order valence-corrected chi connectivity index (χ1v) is 6.32. The molecule has 0 heterocycles. The molecule has 0 rings (SSSR count). The minimum absolute atomic E-state index is 0.167. The quantitative estimate of drug-likeness (QED) is 0.715. The first kappa shape index (κ1) is 17.9. The summed E-state index contributed by atoms with van der Waals surface area (Å²) in [7, 11) is 3.07. The van der Waals surface area contributed by atoms with Crippen LogP contribution in [0.5, 0.6) is 0 Å². The van der Waals surface area contributed by atoms with Crippen LogP contribution in [0.4, 0.5) is 0 Å². The summed E-state index contributed by atoms with van der Waals surface area (Å²) in [6.45, 7) is 7.32. The summed E-state index contributed by atoms with van der Waals surface area (Å²) in [4.78, 5) is 25.2.